The van der Waals surface area contributed by atoms with Gasteiger partial charge in [0.25, 0.3) is 0 Å². The van der Waals surface area contributed by atoms with E-state index in [0.29, 0.717) is 16.5 Å². The van der Waals surface area contributed by atoms with Crippen LogP contribution in [0.15, 0.2) is 36.4 Å². The van der Waals surface area contributed by atoms with Gasteiger partial charge in [0.1, 0.15) is 11.0 Å². The van der Waals surface area contributed by atoms with Crippen molar-refractivity contribution in [2.45, 2.75) is 13.8 Å². The lowest BCUT2D eigenvalue weighted by molar-refractivity contribution is 0.628. The van der Waals surface area contributed by atoms with Crippen LogP contribution in [0, 0.1) is 19.7 Å². The van der Waals surface area contributed by atoms with E-state index in [4.69, 9.17) is 11.6 Å². The van der Waals surface area contributed by atoms with E-state index < -0.39 is 0 Å². The van der Waals surface area contributed by atoms with Crippen LogP contribution in [0.1, 0.15) is 11.1 Å². The van der Waals surface area contributed by atoms with E-state index in [1.54, 1.807) is 12.1 Å². The smallest absolute Gasteiger partial charge is 0.161 e. The number of hydrogen-bond donors (Lipinski definition) is 0. The Morgan fingerprint density at radius 3 is 2.60 bits per heavy atom. The van der Waals surface area contributed by atoms with E-state index in [1.807, 2.05) is 26.0 Å². The van der Waals surface area contributed by atoms with Crippen molar-refractivity contribution in [1.29, 1.82) is 0 Å². The molecule has 0 fully saturated rings. The summed E-state index contributed by atoms with van der Waals surface area (Å²) in [7, 11) is 0. The molecule has 0 aliphatic carbocycles. The minimum atomic E-state index is -0.317. The number of aromatic nitrogens is 2. The first-order valence-electron chi connectivity index (χ1n) is 6.25. The third-order valence-corrected chi connectivity index (χ3v) is 3.45. The van der Waals surface area contributed by atoms with Gasteiger partial charge in [0.05, 0.1) is 5.52 Å². The van der Waals surface area contributed by atoms with Gasteiger partial charge < -0.3 is 0 Å². The molecule has 1 aromatic heterocycles. The number of benzene rings is 2. The van der Waals surface area contributed by atoms with Gasteiger partial charge in [0, 0.05) is 10.9 Å². The zero-order chi connectivity index (χ0) is 14.3. The number of fused-ring (bicyclic) bond motifs is 1. The molecule has 0 amide bonds. The molecule has 0 bridgehead atoms. The molecule has 4 heteroatoms. The third-order valence-electron chi connectivity index (χ3n) is 3.18. The Labute approximate surface area is 121 Å². The van der Waals surface area contributed by atoms with Crippen LogP contribution in [0.5, 0.6) is 0 Å². The summed E-state index contributed by atoms with van der Waals surface area (Å²) in [4.78, 5) is 8.80. The average molecular weight is 287 g/mol. The summed E-state index contributed by atoms with van der Waals surface area (Å²) in [5.74, 6) is 0.120. The molecular weight excluding hydrogens is 275 g/mol. The molecular formula is C16H12ClFN2. The first-order valence-corrected chi connectivity index (χ1v) is 6.63. The molecule has 3 aromatic rings. The molecule has 0 aliphatic rings. The van der Waals surface area contributed by atoms with Crippen molar-refractivity contribution in [3.05, 3.63) is 58.5 Å². The predicted octanol–water partition coefficient (Wildman–Crippen LogP) is 4.71. The van der Waals surface area contributed by atoms with E-state index >= 15 is 0 Å². The number of rotatable bonds is 1. The summed E-state index contributed by atoms with van der Waals surface area (Å²) in [6, 6.07) is 10.2. The van der Waals surface area contributed by atoms with Crippen LogP contribution in [-0.4, -0.2) is 9.97 Å². The molecule has 0 saturated carbocycles. The van der Waals surface area contributed by atoms with E-state index in [-0.39, 0.29) is 5.82 Å². The lowest BCUT2D eigenvalue weighted by Crippen LogP contribution is -1.94. The van der Waals surface area contributed by atoms with Crippen molar-refractivity contribution in [2.24, 2.45) is 0 Å². The van der Waals surface area contributed by atoms with E-state index in [9.17, 15) is 4.39 Å². The SMILES string of the molecule is Cc1cc(C)c2c(Cl)nc(-c3cccc(F)c3)nc2c1. The molecule has 0 unspecified atom stereocenters. The van der Waals surface area contributed by atoms with Gasteiger partial charge in [-0.2, -0.15) is 0 Å². The Hall–Kier alpha value is -2.00. The van der Waals surface area contributed by atoms with Gasteiger partial charge in [-0.15, -0.1) is 0 Å². The predicted molar refractivity (Wildman–Crippen MR) is 79.4 cm³/mol. The summed E-state index contributed by atoms with van der Waals surface area (Å²) in [5, 5.41) is 1.24. The molecule has 0 atom stereocenters. The van der Waals surface area contributed by atoms with Crippen molar-refractivity contribution in [3.8, 4) is 11.4 Å². The summed E-state index contributed by atoms with van der Waals surface area (Å²) in [6.45, 7) is 3.98. The molecule has 2 nitrogen and oxygen atoms in total. The van der Waals surface area contributed by atoms with E-state index in [2.05, 4.69) is 9.97 Å². The highest BCUT2D eigenvalue weighted by Gasteiger charge is 2.11. The summed E-state index contributed by atoms with van der Waals surface area (Å²) in [6.07, 6.45) is 0. The van der Waals surface area contributed by atoms with E-state index in [0.717, 1.165) is 22.0 Å². The van der Waals surface area contributed by atoms with Crippen molar-refractivity contribution in [2.75, 3.05) is 0 Å². The van der Waals surface area contributed by atoms with Crippen LogP contribution < -0.4 is 0 Å². The standard InChI is InChI=1S/C16H12ClFN2/c1-9-6-10(2)14-13(7-9)19-16(20-15(14)17)11-4-3-5-12(18)8-11/h3-8H,1-2H3. The first kappa shape index (κ1) is 13.0. The number of halogens is 2. The van der Waals surface area contributed by atoms with E-state index in [1.165, 1.54) is 12.1 Å². The van der Waals surface area contributed by atoms with Crippen LogP contribution >= 0.6 is 11.6 Å². The average Bonchev–Trinajstić information content (AvgIpc) is 2.37. The quantitative estimate of drug-likeness (QED) is 0.606. The Morgan fingerprint density at radius 2 is 1.85 bits per heavy atom. The van der Waals surface area contributed by atoms with Crippen molar-refractivity contribution in [3.63, 3.8) is 0 Å². The second-order valence-corrected chi connectivity index (χ2v) is 5.18. The van der Waals surface area contributed by atoms with Gasteiger partial charge in [-0.05, 0) is 43.2 Å². The molecule has 0 spiro atoms. The Kier molecular flexibility index (Phi) is 3.14. The number of aryl methyl sites for hydroxylation is 2. The van der Waals surface area contributed by atoms with Gasteiger partial charge >= 0.3 is 0 Å². The monoisotopic (exact) mass is 286 g/mol. The molecule has 20 heavy (non-hydrogen) atoms. The van der Waals surface area contributed by atoms with Gasteiger partial charge in [0.2, 0.25) is 0 Å². The Balaban J connectivity index is 2.29. The first-order chi connectivity index (χ1) is 9.54. The molecule has 0 saturated heterocycles. The lowest BCUT2D eigenvalue weighted by atomic mass is 10.1. The largest absolute Gasteiger partial charge is 0.228 e. The Bertz CT molecular complexity index is 815. The molecule has 100 valence electrons. The molecule has 2 aromatic carbocycles. The van der Waals surface area contributed by atoms with Crippen LogP contribution in [0.2, 0.25) is 5.15 Å². The minimum absolute atomic E-state index is 0.317. The molecule has 3 rings (SSSR count). The lowest BCUT2D eigenvalue weighted by Gasteiger charge is -2.08. The van der Waals surface area contributed by atoms with Gasteiger partial charge in [-0.25, -0.2) is 14.4 Å². The van der Waals surface area contributed by atoms with Crippen molar-refractivity contribution < 1.29 is 4.39 Å². The highest BCUT2D eigenvalue weighted by atomic mass is 35.5. The van der Waals surface area contributed by atoms with Crippen molar-refractivity contribution >= 4 is 22.5 Å². The summed E-state index contributed by atoms with van der Waals surface area (Å²) < 4.78 is 13.3. The molecule has 0 aliphatic heterocycles. The minimum Gasteiger partial charge on any atom is -0.228 e. The van der Waals surface area contributed by atoms with Gasteiger partial charge in [-0.3, -0.25) is 0 Å². The third kappa shape index (κ3) is 2.25. The molecule has 0 N–H and O–H groups in total. The van der Waals surface area contributed by atoms with Crippen molar-refractivity contribution in [1.82, 2.24) is 9.97 Å². The second kappa shape index (κ2) is 4.84. The maximum absolute atomic E-state index is 13.3. The number of nitrogens with zero attached hydrogens (tertiary/aromatic N) is 2. The van der Waals surface area contributed by atoms with Gasteiger partial charge in [0.15, 0.2) is 5.82 Å². The fourth-order valence-electron chi connectivity index (χ4n) is 2.35. The number of hydrogen-bond acceptors (Lipinski definition) is 2. The van der Waals surface area contributed by atoms with Gasteiger partial charge in [-0.1, -0.05) is 29.8 Å². The van der Waals surface area contributed by atoms with Crippen LogP contribution in [-0.2, 0) is 0 Å². The highest BCUT2D eigenvalue weighted by molar-refractivity contribution is 6.34. The summed E-state index contributed by atoms with van der Waals surface area (Å²) >= 11 is 6.26. The zero-order valence-electron chi connectivity index (χ0n) is 11.1. The second-order valence-electron chi connectivity index (χ2n) is 4.82. The normalized spacial score (nSPS) is 11.0. The Morgan fingerprint density at radius 1 is 1.05 bits per heavy atom. The van der Waals surface area contributed by atoms with Crippen LogP contribution in [0.25, 0.3) is 22.3 Å². The zero-order valence-corrected chi connectivity index (χ0v) is 11.9. The van der Waals surface area contributed by atoms with Crippen LogP contribution in [0.3, 0.4) is 0 Å². The maximum atomic E-state index is 13.3. The summed E-state index contributed by atoms with van der Waals surface area (Å²) in [5.41, 5.74) is 3.54. The van der Waals surface area contributed by atoms with Crippen LogP contribution in [0.4, 0.5) is 4.39 Å². The fraction of sp³-hybridized carbons (Fsp3) is 0.125. The highest BCUT2D eigenvalue weighted by Crippen LogP contribution is 2.28. The molecule has 0 radical (unpaired) electrons. The topological polar surface area (TPSA) is 25.8 Å². The molecule has 1 heterocycles. The maximum Gasteiger partial charge on any atom is 0.161 e. The fourth-order valence-corrected chi connectivity index (χ4v) is 2.67.